The molecular formula is C31H50N6O4. The number of carbonyl (C=O) groups excluding carboxylic acids is 2. The molecule has 2 saturated heterocycles. The minimum Gasteiger partial charge on any atom is -0.394 e. The summed E-state index contributed by atoms with van der Waals surface area (Å²) in [5, 5.41) is 23.8. The molecular weight excluding hydrogens is 520 g/mol. The number of unbranched alkanes of at least 4 members (excludes halogenated alkanes) is 1. The zero-order valence-corrected chi connectivity index (χ0v) is 24.8. The predicted molar refractivity (Wildman–Crippen MR) is 159 cm³/mol. The third kappa shape index (κ3) is 8.66. The Kier molecular flexibility index (Phi) is 11.8. The van der Waals surface area contributed by atoms with Gasteiger partial charge in [0.15, 0.2) is 5.96 Å². The molecule has 0 aromatic heterocycles. The summed E-state index contributed by atoms with van der Waals surface area (Å²) < 4.78 is 5.34. The Morgan fingerprint density at radius 3 is 2.49 bits per heavy atom. The highest BCUT2D eigenvalue weighted by molar-refractivity contribution is 6.07. The van der Waals surface area contributed by atoms with E-state index < -0.39 is 5.54 Å². The van der Waals surface area contributed by atoms with E-state index >= 15 is 0 Å². The van der Waals surface area contributed by atoms with E-state index in [-0.39, 0.29) is 24.5 Å². The largest absolute Gasteiger partial charge is 0.394 e. The van der Waals surface area contributed by atoms with Crippen molar-refractivity contribution in [1.82, 2.24) is 25.3 Å². The van der Waals surface area contributed by atoms with Crippen LogP contribution in [0.1, 0.15) is 75.8 Å². The summed E-state index contributed by atoms with van der Waals surface area (Å²) in [6.07, 6.45) is 9.78. The van der Waals surface area contributed by atoms with E-state index in [0.29, 0.717) is 45.3 Å². The molecule has 10 heteroatoms. The maximum atomic E-state index is 13.8. The topological polar surface area (TPSA) is 121 Å². The molecule has 3 aliphatic rings. The summed E-state index contributed by atoms with van der Waals surface area (Å²) in [5.74, 6) is 0.826. The van der Waals surface area contributed by atoms with Crippen LogP contribution >= 0.6 is 0 Å². The van der Waals surface area contributed by atoms with E-state index in [0.717, 1.165) is 56.4 Å². The zero-order valence-electron chi connectivity index (χ0n) is 24.8. The standard InChI is InChI=1S/C31H50N6O4/c1-2-3-13-31(22-25-7-5-4-6-8-25)28(39)37(29(32)34-31)24-27-11-9-26(10-12-27)23-33-30(40)36-16-14-35(15-17-36)18-20-41-21-19-38/h9-12,25,38H,2-8,13-24H2,1H3,(H2,32,34)(H,33,40). The number of nitrogens with zero attached hydrogens (tertiary/aromatic N) is 3. The lowest BCUT2D eigenvalue weighted by Gasteiger charge is -2.34. The number of aliphatic hydroxyl groups is 1. The smallest absolute Gasteiger partial charge is 0.317 e. The first-order valence-electron chi connectivity index (χ1n) is 15.6. The Hall–Kier alpha value is -2.69. The first-order chi connectivity index (χ1) is 19.9. The monoisotopic (exact) mass is 570 g/mol. The Morgan fingerprint density at radius 2 is 1.80 bits per heavy atom. The van der Waals surface area contributed by atoms with Gasteiger partial charge >= 0.3 is 6.03 Å². The summed E-state index contributed by atoms with van der Waals surface area (Å²) in [4.78, 5) is 32.2. The van der Waals surface area contributed by atoms with Crippen molar-refractivity contribution in [2.45, 2.75) is 83.3 Å². The van der Waals surface area contributed by atoms with Gasteiger partial charge in [-0.25, -0.2) is 4.79 Å². The quantitative estimate of drug-likeness (QED) is 0.255. The van der Waals surface area contributed by atoms with Crippen LogP contribution in [0.5, 0.6) is 0 Å². The van der Waals surface area contributed by atoms with E-state index in [4.69, 9.17) is 15.3 Å². The summed E-state index contributed by atoms with van der Waals surface area (Å²) in [6, 6.07) is 7.90. The summed E-state index contributed by atoms with van der Waals surface area (Å²) in [7, 11) is 0. The highest BCUT2D eigenvalue weighted by atomic mass is 16.5. The predicted octanol–water partition coefficient (Wildman–Crippen LogP) is 3.29. The number of carbonyl (C=O) groups is 2. The molecule has 41 heavy (non-hydrogen) atoms. The number of ether oxygens (including phenoxy) is 1. The number of urea groups is 1. The number of nitrogens with one attached hydrogen (secondary N) is 3. The van der Waals surface area contributed by atoms with E-state index in [1.807, 2.05) is 29.2 Å². The first-order valence-corrected chi connectivity index (χ1v) is 15.6. The van der Waals surface area contributed by atoms with Gasteiger partial charge in [-0.2, -0.15) is 0 Å². The van der Waals surface area contributed by atoms with Gasteiger partial charge in [-0.15, -0.1) is 0 Å². The van der Waals surface area contributed by atoms with Crippen LogP contribution in [0, 0.1) is 11.3 Å². The fourth-order valence-corrected chi connectivity index (χ4v) is 6.40. The molecule has 1 aliphatic carbocycles. The number of hydrogen-bond acceptors (Lipinski definition) is 6. The lowest BCUT2D eigenvalue weighted by Crippen LogP contribution is -2.52. The highest BCUT2D eigenvalue weighted by Gasteiger charge is 2.49. The first kappa shape index (κ1) is 31.3. The number of aliphatic hydroxyl groups excluding tert-OH is 1. The molecule has 1 unspecified atom stereocenters. The fourth-order valence-electron chi connectivity index (χ4n) is 6.40. The molecule has 2 aliphatic heterocycles. The van der Waals surface area contributed by atoms with Gasteiger partial charge in [0, 0.05) is 39.3 Å². The Balaban J connectivity index is 1.25. The van der Waals surface area contributed by atoms with E-state index in [1.54, 1.807) is 4.90 Å². The van der Waals surface area contributed by atoms with Crippen molar-refractivity contribution >= 4 is 17.9 Å². The summed E-state index contributed by atoms with van der Waals surface area (Å²) >= 11 is 0. The molecule has 228 valence electrons. The van der Waals surface area contributed by atoms with Gasteiger partial charge in [-0.05, 0) is 29.9 Å². The SMILES string of the molecule is CCCCC1(CC2CCCCC2)NC(=N)N(Cc2ccc(CNC(=O)N3CCN(CCOCCO)CC3)cc2)C1=O. The van der Waals surface area contributed by atoms with Crippen LogP contribution in [-0.2, 0) is 22.6 Å². The number of hydrogen-bond donors (Lipinski definition) is 4. The molecule has 0 radical (unpaired) electrons. The van der Waals surface area contributed by atoms with Crippen LogP contribution in [-0.4, -0.2) is 95.8 Å². The zero-order chi connectivity index (χ0) is 29.1. The van der Waals surface area contributed by atoms with Crippen LogP contribution in [0.2, 0.25) is 0 Å². The third-order valence-corrected chi connectivity index (χ3v) is 8.86. The number of guanidine groups is 1. The van der Waals surface area contributed by atoms with Crippen LogP contribution in [0.15, 0.2) is 24.3 Å². The van der Waals surface area contributed by atoms with Gasteiger partial charge in [0.2, 0.25) is 0 Å². The molecule has 10 nitrogen and oxygen atoms in total. The Morgan fingerprint density at radius 1 is 1.10 bits per heavy atom. The van der Waals surface area contributed by atoms with Crippen LogP contribution in [0.3, 0.4) is 0 Å². The van der Waals surface area contributed by atoms with E-state index in [9.17, 15) is 9.59 Å². The van der Waals surface area contributed by atoms with Crippen molar-refractivity contribution in [3.63, 3.8) is 0 Å². The maximum absolute atomic E-state index is 13.8. The fraction of sp³-hybridized carbons (Fsp3) is 0.710. The molecule has 0 spiro atoms. The number of amides is 3. The minimum atomic E-state index is -0.640. The molecule has 2 heterocycles. The van der Waals surface area contributed by atoms with Crippen LogP contribution in [0.4, 0.5) is 4.79 Å². The van der Waals surface area contributed by atoms with Gasteiger partial charge < -0.3 is 25.4 Å². The minimum absolute atomic E-state index is 0.0388. The molecule has 4 rings (SSSR count). The highest BCUT2D eigenvalue weighted by Crippen LogP contribution is 2.36. The molecule has 3 fully saturated rings. The van der Waals surface area contributed by atoms with E-state index in [1.165, 1.54) is 32.1 Å². The van der Waals surface area contributed by atoms with Gasteiger partial charge in [-0.1, -0.05) is 76.1 Å². The molecule has 1 aromatic carbocycles. The maximum Gasteiger partial charge on any atom is 0.317 e. The third-order valence-electron chi connectivity index (χ3n) is 8.86. The lowest BCUT2D eigenvalue weighted by atomic mass is 9.77. The molecule has 3 amide bonds. The van der Waals surface area contributed by atoms with Gasteiger partial charge in [0.1, 0.15) is 5.54 Å². The van der Waals surface area contributed by atoms with Gasteiger partial charge in [-0.3, -0.25) is 20.0 Å². The summed E-state index contributed by atoms with van der Waals surface area (Å²) in [6.45, 7) is 7.74. The van der Waals surface area contributed by atoms with Crippen LogP contribution in [0.25, 0.3) is 0 Å². The Labute approximate surface area is 245 Å². The van der Waals surface area contributed by atoms with Gasteiger partial charge in [0.05, 0.1) is 26.4 Å². The van der Waals surface area contributed by atoms with E-state index in [2.05, 4.69) is 22.5 Å². The number of rotatable bonds is 14. The normalized spacial score (nSPS) is 22.3. The van der Waals surface area contributed by atoms with Crippen molar-refractivity contribution in [2.75, 3.05) is 52.5 Å². The van der Waals surface area contributed by atoms with Crippen molar-refractivity contribution in [3.8, 4) is 0 Å². The molecule has 0 bridgehead atoms. The van der Waals surface area contributed by atoms with Gasteiger partial charge in [0.25, 0.3) is 5.91 Å². The molecule has 4 N–H and O–H groups in total. The second-order valence-corrected chi connectivity index (χ2v) is 11.9. The van der Waals surface area contributed by atoms with Crippen molar-refractivity contribution in [2.24, 2.45) is 5.92 Å². The average Bonchev–Trinajstić information content (AvgIpc) is 3.22. The number of piperazine rings is 1. The second-order valence-electron chi connectivity index (χ2n) is 11.9. The van der Waals surface area contributed by atoms with Crippen molar-refractivity contribution in [1.29, 1.82) is 5.41 Å². The second kappa shape index (κ2) is 15.5. The van der Waals surface area contributed by atoms with Crippen molar-refractivity contribution < 1.29 is 19.4 Å². The lowest BCUT2D eigenvalue weighted by molar-refractivity contribution is -0.132. The van der Waals surface area contributed by atoms with Crippen molar-refractivity contribution in [3.05, 3.63) is 35.4 Å². The van der Waals surface area contributed by atoms with Crippen LogP contribution < -0.4 is 10.6 Å². The molecule has 1 aromatic rings. The average molecular weight is 571 g/mol. The number of benzene rings is 1. The molecule has 1 saturated carbocycles. The molecule has 1 atom stereocenters. The Bertz CT molecular complexity index is 991. The summed E-state index contributed by atoms with van der Waals surface area (Å²) in [5.41, 5.74) is 1.33.